The smallest absolute Gasteiger partial charge is 0.142 e. The SMILES string of the molecule is CCOc1ccc(Cc2cc(C(C)CC(O)CCO)c3c(c2Cl)OCC3(C)C)cc1. The number of ether oxygens (including phenoxy) is 2. The van der Waals surface area contributed by atoms with Crippen LogP contribution >= 0.6 is 11.6 Å². The largest absolute Gasteiger partial charge is 0.494 e. The van der Waals surface area contributed by atoms with Crippen LogP contribution in [0.5, 0.6) is 11.5 Å². The van der Waals surface area contributed by atoms with E-state index in [1.807, 2.05) is 19.1 Å². The van der Waals surface area contributed by atoms with Gasteiger partial charge in [-0.1, -0.05) is 50.6 Å². The van der Waals surface area contributed by atoms with Crippen molar-refractivity contribution in [3.63, 3.8) is 0 Å². The van der Waals surface area contributed by atoms with E-state index in [2.05, 4.69) is 39.0 Å². The Morgan fingerprint density at radius 2 is 1.93 bits per heavy atom. The van der Waals surface area contributed by atoms with Crippen LogP contribution in [0.25, 0.3) is 0 Å². The molecule has 1 aliphatic heterocycles. The van der Waals surface area contributed by atoms with Gasteiger partial charge in [-0.25, -0.2) is 0 Å². The van der Waals surface area contributed by atoms with Crippen molar-refractivity contribution < 1.29 is 19.7 Å². The van der Waals surface area contributed by atoms with Gasteiger partial charge in [-0.05, 0) is 60.9 Å². The Morgan fingerprint density at radius 3 is 2.57 bits per heavy atom. The second-order valence-electron chi connectivity index (χ2n) is 8.87. The van der Waals surface area contributed by atoms with E-state index < -0.39 is 6.10 Å². The fraction of sp³-hybridized carbons (Fsp3) is 0.520. The first-order valence-corrected chi connectivity index (χ1v) is 11.1. The van der Waals surface area contributed by atoms with Gasteiger partial charge in [-0.3, -0.25) is 0 Å². The number of aliphatic hydroxyl groups is 2. The van der Waals surface area contributed by atoms with Crippen LogP contribution in [0.3, 0.4) is 0 Å². The van der Waals surface area contributed by atoms with Crippen LogP contribution < -0.4 is 9.47 Å². The van der Waals surface area contributed by atoms with Crippen LogP contribution in [-0.4, -0.2) is 36.1 Å². The van der Waals surface area contributed by atoms with Gasteiger partial charge >= 0.3 is 0 Å². The summed E-state index contributed by atoms with van der Waals surface area (Å²) in [6.45, 7) is 9.66. The molecule has 3 rings (SSSR count). The topological polar surface area (TPSA) is 58.9 Å². The number of hydrogen-bond acceptors (Lipinski definition) is 4. The molecule has 2 unspecified atom stereocenters. The fourth-order valence-electron chi connectivity index (χ4n) is 4.28. The van der Waals surface area contributed by atoms with E-state index in [0.29, 0.717) is 37.5 Å². The Balaban J connectivity index is 1.96. The predicted molar refractivity (Wildman–Crippen MR) is 121 cm³/mol. The monoisotopic (exact) mass is 432 g/mol. The Bertz CT molecular complexity index is 860. The van der Waals surface area contributed by atoms with Crippen molar-refractivity contribution >= 4 is 11.6 Å². The number of aliphatic hydroxyl groups excluding tert-OH is 2. The molecule has 0 radical (unpaired) electrons. The average Bonchev–Trinajstić information content (AvgIpc) is 3.01. The molecule has 1 aliphatic rings. The third-order valence-corrected chi connectivity index (χ3v) is 6.24. The van der Waals surface area contributed by atoms with Gasteiger partial charge in [0.1, 0.15) is 11.5 Å². The molecule has 0 fully saturated rings. The zero-order valence-electron chi connectivity index (χ0n) is 18.4. The summed E-state index contributed by atoms with van der Waals surface area (Å²) in [6.07, 6.45) is 1.14. The molecule has 0 bridgehead atoms. The van der Waals surface area contributed by atoms with Crippen molar-refractivity contribution in [3.8, 4) is 11.5 Å². The minimum atomic E-state index is -0.531. The summed E-state index contributed by atoms with van der Waals surface area (Å²) in [5.74, 6) is 1.76. The van der Waals surface area contributed by atoms with E-state index in [1.165, 1.54) is 5.56 Å². The molecule has 2 aromatic rings. The number of fused-ring (bicyclic) bond motifs is 1. The van der Waals surface area contributed by atoms with Crippen LogP contribution in [-0.2, 0) is 11.8 Å². The van der Waals surface area contributed by atoms with Crippen molar-refractivity contribution in [1.29, 1.82) is 0 Å². The van der Waals surface area contributed by atoms with E-state index in [0.717, 1.165) is 28.2 Å². The summed E-state index contributed by atoms with van der Waals surface area (Å²) in [5.41, 5.74) is 4.36. The molecule has 0 aromatic heterocycles. The standard InChI is InChI=1S/C25H33ClO4/c1-5-29-20-8-6-17(7-9-20)13-18-14-21(16(2)12-19(28)10-11-27)22-24(23(18)26)30-15-25(22,3)4/h6-9,14,16,19,27-28H,5,10-13,15H2,1-4H3. The maximum atomic E-state index is 10.3. The molecule has 0 spiro atoms. The van der Waals surface area contributed by atoms with Crippen molar-refractivity contribution in [2.24, 2.45) is 0 Å². The van der Waals surface area contributed by atoms with Gasteiger partial charge in [0.15, 0.2) is 0 Å². The molecule has 2 N–H and O–H groups in total. The van der Waals surface area contributed by atoms with Crippen molar-refractivity contribution in [2.75, 3.05) is 19.8 Å². The van der Waals surface area contributed by atoms with E-state index in [-0.39, 0.29) is 17.9 Å². The van der Waals surface area contributed by atoms with E-state index in [9.17, 15) is 5.11 Å². The normalized spacial score (nSPS) is 16.6. The molecule has 30 heavy (non-hydrogen) atoms. The van der Waals surface area contributed by atoms with Gasteiger partial charge in [0, 0.05) is 17.6 Å². The van der Waals surface area contributed by atoms with Crippen molar-refractivity contribution in [3.05, 3.63) is 57.6 Å². The summed E-state index contributed by atoms with van der Waals surface area (Å²) < 4.78 is 11.6. The van der Waals surface area contributed by atoms with E-state index >= 15 is 0 Å². The van der Waals surface area contributed by atoms with Crippen LogP contribution in [0.2, 0.25) is 5.02 Å². The fourth-order valence-corrected chi connectivity index (χ4v) is 4.55. The molecule has 164 valence electrons. The lowest BCUT2D eigenvalue weighted by Crippen LogP contribution is -2.21. The maximum Gasteiger partial charge on any atom is 0.142 e. The Kier molecular flexibility index (Phi) is 7.33. The highest BCUT2D eigenvalue weighted by Gasteiger charge is 2.38. The molecule has 0 saturated heterocycles. The Labute approximate surface area is 184 Å². The Hall–Kier alpha value is -1.75. The average molecular weight is 433 g/mol. The van der Waals surface area contributed by atoms with E-state index in [1.54, 1.807) is 0 Å². The summed E-state index contributed by atoms with van der Waals surface area (Å²) in [5, 5.41) is 20.1. The second kappa shape index (κ2) is 9.59. The van der Waals surface area contributed by atoms with Gasteiger partial charge in [-0.15, -0.1) is 0 Å². The zero-order valence-corrected chi connectivity index (χ0v) is 19.1. The molecular formula is C25H33ClO4. The number of hydrogen-bond donors (Lipinski definition) is 2. The molecule has 5 heteroatoms. The number of benzene rings is 2. The maximum absolute atomic E-state index is 10.3. The van der Waals surface area contributed by atoms with E-state index in [4.69, 9.17) is 26.2 Å². The lowest BCUT2D eigenvalue weighted by molar-refractivity contribution is 0.119. The van der Waals surface area contributed by atoms with Gasteiger partial charge in [0.05, 0.1) is 24.3 Å². The lowest BCUT2D eigenvalue weighted by Gasteiger charge is -2.25. The molecule has 4 nitrogen and oxygen atoms in total. The summed E-state index contributed by atoms with van der Waals surface area (Å²) in [4.78, 5) is 0. The molecule has 2 atom stereocenters. The third-order valence-electron chi connectivity index (χ3n) is 5.83. The highest BCUT2D eigenvalue weighted by Crippen LogP contribution is 2.49. The van der Waals surface area contributed by atoms with Crippen LogP contribution in [0.4, 0.5) is 0 Å². The van der Waals surface area contributed by atoms with Crippen LogP contribution in [0.1, 0.15) is 68.7 Å². The minimum absolute atomic E-state index is 0.00972. The molecule has 2 aromatic carbocycles. The first-order chi connectivity index (χ1) is 14.3. The highest BCUT2D eigenvalue weighted by molar-refractivity contribution is 6.33. The summed E-state index contributed by atoms with van der Waals surface area (Å²) >= 11 is 6.81. The molecule has 1 heterocycles. The van der Waals surface area contributed by atoms with Crippen molar-refractivity contribution in [2.45, 2.75) is 64.4 Å². The van der Waals surface area contributed by atoms with Gasteiger partial charge in [-0.2, -0.15) is 0 Å². The quantitative estimate of drug-likeness (QED) is 0.569. The van der Waals surface area contributed by atoms with Crippen LogP contribution in [0.15, 0.2) is 30.3 Å². The zero-order chi connectivity index (χ0) is 21.9. The van der Waals surface area contributed by atoms with Crippen molar-refractivity contribution in [1.82, 2.24) is 0 Å². The Morgan fingerprint density at radius 1 is 1.23 bits per heavy atom. The van der Waals surface area contributed by atoms with Gasteiger partial charge < -0.3 is 19.7 Å². The molecule has 0 amide bonds. The molecule has 0 aliphatic carbocycles. The first kappa shape index (κ1) is 22.9. The molecular weight excluding hydrogens is 400 g/mol. The summed E-state index contributed by atoms with van der Waals surface area (Å²) in [7, 11) is 0. The van der Waals surface area contributed by atoms with Crippen LogP contribution in [0, 0.1) is 0 Å². The minimum Gasteiger partial charge on any atom is -0.494 e. The lowest BCUT2D eigenvalue weighted by atomic mass is 9.78. The van der Waals surface area contributed by atoms with Gasteiger partial charge in [0.2, 0.25) is 0 Å². The molecule has 0 saturated carbocycles. The summed E-state index contributed by atoms with van der Waals surface area (Å²) in [6, 6.07) is 10.3. The number of halogens is 1. The van der Waals surface area contributed by atoms with Gasteiger partial charge in [0.25, 0.3) is 0 Å². The number of rotatable bonds is 9. The third kappa shape index (κ3) is 4.93. The highest BCUT2D eigenvalue weighted by atomic mass is 35.5. The second-order valence-corrected chi connectivity index (χ2v) is 9.25. The first-order valence-electron chi connectivity index (χ1n) is 10.8. The predicted octanol–water partition coefficient (Wildman–Crippen LogP) is 5.24.